The molecule has 2 N–H and O–H groups in total. The van der Waals surface area contributed by atoms with Gasteiger partial charge in [0.05, 0.1) is 10.9 Å². The van der Waals surface area contributed by atoms with Crippen molar-refractivity contribution in [3.63, 3.8) is 0 Å². The summed E-state index contributed by atoms with van der Waals surface area (Å²) < 4.78 is 33.3. The van der Waals surface area contributed by atoms with Crippen LogP contribution in [0.1, 0.15) is 12.5 Å². The highest BCUT2D eigenvalue weighted by Crippen LogP contribution is 2.24. The Morgan fingerprint density at radius 3 is 2.54 bits per heavy atom. The number of carbonyl (C=O) groups is 1. The van der Waals surface area contributed by atoms with Crippen LogP contribution in [0.5, 0.6) is 5.75 Å². The molecule has 1 aliphatic rings. The quantitative estimate of drug-likeness (QED) is 0.886. The molecule has 0 saturated heterocycles. The van der Waals surface area contributed by atoms with Crippen molar-refractivity contribution in [3.8, 4) is 5.75 Å². The molecule has 0 bridgehead atoms. The number of sulfonamides is 1. The number of benzene rings is 2. The standard InChI is InChI=1S/C17H18N2O4S/c1-12(20)18-14-6-8-16(9-7-14)24(21,22)19-15-10-13-4-2-3-5-17(13)23-11-15/h2-9,15,19H,10-11H2,1H3,(H,18,20). The van der Waals surface area contributed by atoms with E-state index in [0.717, 1.165) is 11.3 Å². The minimum atomic E-state index is -3.65. The van der Waals surface area contributed by atoms with E-state index in [-0.39, 0.29) is 16.8 Å². The third-order valence-corrected chi connectivity index (χ3v) is 5.22. The fourth-order valence-electron chi connectivity index (χ4n) is 2.61. The smallest absolute Gasteiger partial charge is 0.240 e. The topological polar surface area (TPSA) is 84.5 Å². The Morgan fingerprint density at radius 2 is 1.83 bits per heavy atom. The largest absolute Gasteiger partial charge is 0.492 e. The predicted molar refractivity (Wildman–Crippen MR) is 90.5 cm³/mol. The second kappa shape index (κ2) is 6.62. The molecule has 2 aromatic rings. The zero-order valence-corrected chi connectivity index (χ0v) is 14.0. The Kier molecular flexibility index (Phi) is 4.55. The minimum Gasteiger partial charge on any atom is -0.492 e. The van der Waals surface area contributed by atoms with Crippen LogP contribution < -0.4 is 14.8 Å². The molecule has 6 nitrogen and oxygen atoms in total. The number of carbonyl (C=O) groups excluding carboxylic acids is 1. The van der Waals surface area contributed by atoms with Gasteiger partial charge in [0.1, 0.15) is 12.4 Å². The van der Waals surface area contributed by atoms with Crippen LogP contribution in [0.3, 0.4) is 0 Å². The van der Waals surface area contributed by atoms with Crippen molar-refractivity contribution in [3.05, 3.63) is 54.1 Å². The van der Waals surface area contributed by atoms with Crippen molar-refractivity contribution >= 4 is 21.6 Å². The van der Waals surface area contributed by atoms with Gasteiger partial charge in [-0.1, -0.05) is 18.2 Å². The molecular weight excluding hydrogens is 328 g/mol. The van der Waals surface area contributed by atoms with E-state index in [0.29, 0.717) is 18.7 Å². The molecular formula is C17H18N2O4S. The lowest BCUT2D eigenvalue weighted by Gasteiger charge is -2.25. The summed E-state index contributed by atoms with van der Waals surface area (Å²) in [4.78, 5) is 11.2. The maximum atomic E-state index is 12.5. The number of hydrogen-bond acceptors (Lipinski definition) is 4. The van der Waals surface area contributed by atoms with E-state index in [9.17, 15) is 13.2 Å². The molecule has 0 fully saturated rings. The second-order valence-electron chi connectivity index (χ2n) is 5.65. The summed E-state index contributed by atoms with van der Waals surface area (Å²) in [6.07, 6.45) is 0.583. The first kappa shape index (κ1) is 16.5. The number of fused-ring (bicyclic) bond motifs is 1. The van der Waals surface area contributed by atoms with Crippen molar-refractivity contribution < 1.29 is 17.9 Å². The predicted octanol–water partition coefficient (Wildman–Crippen LogP) is 1.93. The molecule has 24 heavy (non-hydrogen) atoms. The average molecular weight is 346 g/mol. The number of nitrogens with one attached hydrogen (secondary N) is 2. The Balaban J connectivity index is 1.71. The van der Waals surface area contributed by atoms with Crippen LogP contribution in [0.4, 0.5) is 5.69 Å². The molecule has 1 heterocycles. The highest BCUT2D eigenvalue weighted by atomic mass is 32.2. The molecule has 0 aromatic heterocycles. The number of rotatable bonds is 4. The molecule has 7 heteroatoms. The van der Waals surface area contributed by atoms with Gasteiger partial charge in [0, 0.05) is 12.6 Å². The summed E-state index contributed by atoms with van der Waals surface area (Å²) in [5.41, 5.74) is 1.54. The molecule has 1 atom stereocenters. The summed E-state index contributed by atoms with van der Waals surface area (Å²) in [6.45, 7) is 1.69. The zero-order valence-electron chi connectivity index (χ0n) is 13.2. The van der Waals surface area contributed by atoms with Gasteiger partial charge in [0.2, 0.25) is 15.9 Å². The van der Waals surface area contributed by atoms with Crippen LogP contribution in [0.15, 0.2) is 53.4 Å². The van der Waals surface area contributed by atoms with Gasteiger partial charge in [0.15, 0.2) is 0 Å². The lowest BCUT2D eigenvalue weighted by atomic mass is 10.0. The molecule has 1 unspecified atom stereocenters. The lowest BCUT2D eigenvalue weighted by molar-refractivity contribution is -0.114. The normalized spacial score (nSPS) is 16.8. The van der Waals surface area contributed by atoms with Crippen LogP contribution in [0.25, 0.3) is 0 Å². The Bertz CT molecular complexity index is 847. The Morgan fingerprint density at radius 1 is 1.12 bits per heavy atom. The highest BCUT2D eigenvalue weighted by molar-refractivity contribution is 7.89. The van der Waals surface area contributed by atoms with Crippen LogP contribution in [-0.2, 0) is 21.2 Å². The van der Waals surface area contributed by atoms with E-state index < -0.39 is 10.0 Å². The fraction of sp³-hybridized carbons (Fsp3) is 0.235. The van der Waals surface area contributed by atoms with Gasteiger partial charge in [-0.25, -0.2) is 13.1 Å². The number of amides is 1. The van der Waals surface area contributed by atoms with E-state index >= 15 is 0 Å². The van der Waals surface area contributed by atoms with Gasteiger partial charge in [-0.15, -0.1) is 0 Å². The summed E-state index contributed by atoms with van der Waals surface area (Å²) in [5, 5.41) is 2.60. The lowest BCUT2D eigenvalue weighted by Crippen LogP contribution is -2.42. The monoisotopic (exact) mass is 346 g/mol. The Hall–Kier alpha value is -2.38. The van der Waals surface area contributed by atoms with Crippen molar-refractivity contribution in [1.29, 1.82) is 0 Å². The third kappa shape index (κ3) is 3.74. The summed E-state index contributed by atoms with van der Waals surface area (Å²) in [6, 6.07) is 13.3. The molecule has 0 spiro atoms. The van der Waals surface area contributed by atoms with E-state index in [1.807, 2.05) is 24.3 Å². The fourth-order valence-corrected chi connectivity index (χ4v) is 3.83. The first-order chi connectivity index (χ1) is 11.4. The van der Waals surface area contributed by atoms with E-state index in [2.05, 4.69) is 10.0 Å². The van der Waals surface area contributed by atoms with Gasteiger partial charge in [-0.05, 0) is 42.3 Å². The van der Waals surface area contributed by atoms with E-state index in [1.54, 1.807) is 12.1 Å². The van der Waals surface area contributed by atoms with Gasteiger partial charge in [-0.2, -0.15) is 0 Å². The Labute approximate surface area is 140 Å². The molecule has 0 radical (unpaired) electrons. The van der Waals surface area contributed by atoms with Crippen molar-refractivity contribution in [2.24, 2.45) is 0 Å². The maximum Gasteiger partial charge on any atom is 0.240 e. The van der Waals surface area contributed by atoms with Crippen molar-refractivity contribution in [2.75, 3.05) is 11.9 Å². The molecule has 0 aliphatic carbocycles. The van der Waals surface area contributed by atoms with Crippen LogP contribution in [0.2, 0.25) is 0 Å². The van der Waals surface area contributed by atoms with Crippen molar-refractivity contribution in [2.45, 2.75) is 24.3 Å². The van der Waals surface area contributed by atoms with Crippen LogP contribution >= 0.6 is 0 Å². The summed E-state index contributed by atoms with van der Waals surface area (Å²) in [7, 11) is -3.65. The van der Waals surface area contributed by atoms with Crippen LogP contribution in [0, 0.1) is 0 Å². The number of anilines is 1. The van der Waals surface area contributed by atoms with Crippen molar-refractivity contribution in [1.82, 2.24) is 4.72 Å². The first-order valence-electron chi connectivity index (χ1n) is 7.55. The molecule has 3 rings (SSSR count). The third-order valence-electron chi connectivity index (χ3n) is 3.69. The molecule has 1 aliphatic heterocycles. The highest BCUT2D eigenvalue weighted by Gasteiger charge is 2.25. The average Bonchev–Trinajstić information content (AvgIpc) is 2.54. The van der Waals surface area contributed by atoms with Gasteiger partial charge < -0.3 is 10.1 Å². The van der Waals surface area contributed by atoms with E-state index in [4.69, 9.17) is 4.74 Å². The number of para-hydroxylation sites is 1. The second-order valence-corrected chi connectivity index (χ2v) is 7.36. The minimum absolute atomic E-state index is 0.149. The van der Waals surface area contributed by atoms with Gasteiger partial charge in [-0.3, -0.25) is 4.79 Å². The van der Waals surface area contributed by atoms with E-state index in [1.165, 1.54) is 19.1 Å². The molecule has 0 saturated carbocycles. The molecule has 1 amide bonds. The first-order valence-corrected chi connectivity index (χ1v) is 9.03. The molecule has 126 valence electrons. The van der Waals surface area contributed by atoms with Gasteiger partial charge >= 0.3 is 0 Å². The summed E-state index contributed by atoms with van der Waals surface area (Å²) in [5.74, 6) is 0.592. The van der Waals surface area contributed by atoms with Crippen LogP contribution in [-0.4, -0.2) is 27.0 Å². The SMILES string of the molecule is CC(=O)Nc1ccc(S(=O)(=O)NC2COc3ccccc3C2)cc1. The number of hydrogen-bond donors (Lipinski definition) is 2. The maximum absolute atomic E-state index is 12.5. The van der Waals surface area contributed by atoms with Gasteiger partial charge in [0.25, 0.3) is 0 Å². The summed E-state index contributed by atoms with van der Waals surface area (Å²) >= 11 is 0. The molecule has 2 aromatic carbocycles. The zero-order chi connectivity index (χ0) is 17.2. The number of ether oxygens (including phenoxy) is 1.